The van der Waals surface area contributed by atoms with E-state index < -0.39 is 10.0 Å². The molecular weight excluding hydrogens is 332 g/mol. The summed E-state index contributed by atoms with van der Waals surface area (Å²) in [6, 6.07) is 17.5. The van der Waals surface area contributed by atoms with Crippen molar-refractivity contribution in [2.45, 2.75) is 13.0 Å². The molecule has 0 saturated carbocycles. The van der Waals surface area contributed by atoms with E-state index in [-0.39, 0.29) is 18.2 Å². The molecule has 0 aliphatic carbocycles. The second-order valence-electron chi connectivity index (χ2n) is 5.43. The zero-order chi connectivity index (χ0) is 15.4. The Bertz CT molecular complexity index is 735. The molecular formula is C17H21ClN2O2S. The Kier molecular flexibility index (Phi) is 6.04. The summed E-state index contributed by atoms with van der Waals surface area (Å²) in [5.74, 6) is 0.130. The average Bonchev–Trinajstić information content (AvgIpc) is 2.77. The van der Waals surface area contributed by atoms with E-state index in [9.17, 15) is 8.42 Å². The Morgan fingerprint density at radius 3 is 2.48 bits per heavy atom. The highest BCUT2D eigenvalue weighted by Crippen LogP contribution is 2.25. The Hall–Kier alpha value is -1.56. The molecule has 1 N–H and O–H groups in total. The number of rotatable bonds is 4. The van der Waals surface area contributed by atoms with Gasteiger partial charge in [-0.05, 0) is 23.6 Å². The minimum Gasteiger partial charge on any atom is -0.311 e. The van der Waals surface area contributed by atoms with Crippen LogP contribution in [0.25, 0.3) is 0 Å². The van der Waals surface area contributed by atoms with Crippen LogP contribution >= 0.6 is 12.4 Å². The molecule has 0 radical (unpaired) electrons. The van der Waals surface area contributed by atoms with Crippen molar-refractivity contribution in [2.75, 3.05) is 23.1 Å². The molecule has 1 aliphatic heterocycles. The van der Waals surface area contributed by atoms with Crippen molar-refractivity contribution in [2.24, 2.45) is 0 Å². The molecule has 0 amide bonds. The minimum atomic E-state index is -3.32. The minimum absolute atomic E-state index is 0. The lowest BCUT2D eigenvalue weighted by atomic mass is 10.2. The van der Waals surface area contributed by atoms with E-state index in [1.165, 1.54) is 0 Å². The molecule has 2 aromatic carbocycles. The van der Waals surface area contributed by atoms with Crippen LogP contribution < -0.4 is 9.62 Å². The predicted molar refractivity (Wildman–Crippen MR) is 96.7 cm³/mol. The Morgan fingerprint density at radius 2 is 1.70 bits per heavy atom. The third kappa shape index (κ3) is 4.25. The van der Waals surface area contributed by atoms with Gasteiger partial charge in [-0.15, -0.1) is 12.4 Å². The number of nitrogens with one attached hydrogen (secondary N) is 1. The predicted octanol–water partition coefficient (Wildman–Crippen LogP) is 2.59. The first-order valence-electron chi connectivity index (χ1n) is 7.50. The Labute approximate surface area is 144 Å². The molecule has 23 heavy (non-hydrogen) atoms. The Morgan fingerprint density at radius 1 is 1.00 bits per heavy atom. The third-order valence-electron chi connectivity index (χ3n) is 3.89. The molecule has 2 aromatic rings. The molecule has 6 heteroatoms. The van der Waals surface area contributed by atoms with Gasteiger partial charge in [0.2, 0.25) is 10.0 Å². The van der Waals surface area contributed by atoms with E-state index in [0.29, 0.717) is 26.1 Å². The van der Waals surface area contributed by atoms with Gasteiger partial charge in [-0.1, -0.05) is 48.5 Å². The summed E-state index contributed by atoms with van der Waals surface area (Å²) < 4.78 is 27.1. The van der Waals surface area contributed by atoms with Crippen LogP contribution in [0.2, 0.25) is 0 Å². The number of benzene rings is 2. The van der Waals surface area contributed by atoms with Crippen LogP contribution in [0, 0.1) is 0 Å². The first kappa shape index (κ1) is 17.8. The fourth-order valence-electron chi connectivity index (χ4n) is 2.72. The zero-order valence-corrected chi connectivity index (χ0v) is 14.4. The van der Waals surface area contributed by atoms with Crippen LogP contribution in [-0.2, 0) is 23.0 Å². The molecule has 4 nitrogen and oxygen atoms in total. The fraction of sp³-hybridized carbons (Fsp3) is 0.294. The van der Waals surface area contributed by atoms with Crippen LogP contribution in [0.1, 0.15) is 11.1 Å². The van der Waals surface area contributed by atoms with E-state index in [1.54, 1.807) is 4.31 Å². The van der Waals surface area contributed by atoms with Gasteiger partial charge in [0.25, 0.3) is 0 Å². The van der Waals surface area contributed by atoms with E-state index in [0.717, 1.165) is 16.8 Å². The molecule has 1 aliphatic rings. The number of anilines is 1. The smallest absolute Gasteiger partial charge is 0.235 e. The standard InChI is InChI=1S/C17H20N2O2S.ClH/c20-22(21,13-10-15-6-2-1-3-7-15)19-12-11-18-14-16-8-4-5-9-17(16)19;/h1-9,18H,10-14H2;1H. The molecule has 0 spiro atoms. The molecule has 0 bridgehead atoms. The summed E-state index contributed by atoms with van der Waals surface area (Å²) in [5.41, 5.74) is 2.89. The number of nitrogens with zero attached hydrogens (tertiary/aromatic N) is 1. The average molecular weight is 353 g/mol. The highest BCUT2D eigenvalue weighted by atomic mass is 35.5. The summed E-state index contributed by atoms with van der Waals surface area (Å²) in [4.78, 5) is 0. The van der Waals surface area contributed by atoms with Crippen molar-refractivity contribution in [3.05, 3.63) is 65.7 Å². The normalized spacial score (nSPS) is 14.5. The number of para-hydroxylation sites is 1. The van der Waals surface area contributed by atoms with Crippen molar-refractivity contribution in [1.82, 2.24) is 5.32 Å². The number of sulfonamides is 1. The maximum absolute atomic E-state index is 12.8. The van der Waals surface area contributed by atoms with Gasteiger partial charge in [-0.2, -0.15) is 0 Å². The molecule has 0 unspecified atom stereocenters. The van der Waals surface area contributed by atoms with Gasteiger partial charge in [0.05, 0.1) is 11.4 Å². The fourth-order valence-corrected chi connectivity index (χ4v) is 4.28. The van der Waals surface area contributed by atoms with Crippen LogP contribution in [0.15, 0.2) is 54.6 Å². The van der Waals surface area contributed by atoms with Crippen molar-refractivity contribution >= 4 is 28.1 Å². The quantitative estimate of drug-likeness (QED) is 0.920. The molecule has 0 aromatic heterocycles. The third-order valence-corrected chi connectivity index (χ3v) is 5.67. The summed E-state index contributed by atoms with van der Waals surface area (Å²) >= 11 is 0. The van der Waals surface area contributed by atoms with E-state index in [1.807, 2.05) is 54.6 Å². The molecule has 1 heterocycles. The molecule has 124 valence electrons. The topological polar surface area (TPSA) is 49.4 Å². The van der Waals surface area contributed by atoms with Gasteiger partial charge in [-0.25, -0.2) is 8.42 Å². The maximum Gasteiger partial charge on any atom is 0.235 e. The molecule has 0 atom stereocenters. The number of hydrogen-bond acceptors (Lipinski definition) is 3. The lowest BCUT2D eigenvalue weighted by molar-refractivity contribution is 0.588. The lowest BCUT2D eigenvalue weighted by Crippen LogP contribution is -2.36. The van der Waals surface area contributed by atoms with Crippen LogP contribution in [-0.4, -0.2) is 27.3 Å². The van der Waals surface area contributed by atoms with E-state index in [2.05, 4.69) is 5.32 Å². The largest absolute Gasteiger partial charge is 0.311 e. The summed E-state index contributed by atoms with van der Waals surface area (Å²) in [6.45, 7) is 1.86. The first-order chi connectivity index (χ1) is 10.7. The van der Waals surface area contributed by atoms with Crippen molar-refractivity contribution in [3.8, 4) is 0 Å². The molecule has 0 fully saturated rings. The van der Waals surface area contributed by atoms with Crippen molar-refractivity contribution < 1.29 is 8.42 Å². The second-order valence-corrected chi connectivity index (χ2v) is 7.44. The van der Waals surface area contributed by atoms with Crippen molar-refractivity contribution in [1.29, 1.82) is 0 Å². The second kappa shape index (κ2) is 7.81. The molecule has 3 rings (SSSR count). The summed E-state index contributed by atoms with van der Waals surface area (Å²) in [7, 11) is -3.32. The molecule has 0 saturated heterocycles. The highest BCUT2D eigenvalue weighted by Gasteiger charge is 2.25. The van der Waals surface area contributed by atoms with Gasteiger partial charge >= 0.3 is 0 Å². The van der Waals surface area contributed by atoms with Gasteiger partial charge in [0.15, 0.2) is 0 Å². The van der Waals surface area contributed by atoms with Crippen LogP contribution in [0.3, 0.4) is 0 Å². The van der Waals surface area contributed by atoms with E-state index >= 15 is 0 Å². The summed E-state index contributed by atoms with van der Waals surface area (Å²) in [5, 5.41) is 3.27. The van der Waals surface area contributed by atoms with Crippen LogP contribution in [0.5, 0.6) is 0 Å². The number of aryl methyl sites for hydroxylation is 1. The number of fused-ring (bicyclic) bond motifs is 1. The number of halogens is 1. The zero-order valence-electron chi connectivity index (χ0n) is 12.8. The van der Waals surface area contributed by atoms with Crippen molar-refractivity contribution in [3.63, 3.8) is 0 Å². The Balaban J connectivity index is 0.00000192. The van der Waals surface area contributed by atoms with Gasteiger partial charge in [-0.3, -0.25) is 4.31 Å². The SMILES string of the molecule is Cl.O=S(=O)(CCc1ccccc1)N1CCNCc2ccccc21. The van der Waals surface area contributed by atoms with E-state index in [4.69, 9.17) is 0 Å². The van der Waals surface area contributed by atoms with Gasteiger partial charge in [0, 0.05) is 19.6 Å². The van der Waals surface area contributed by atoms with Gasteiger partial charge in [0.1, 0.15) is 0 Å². The van der Waals surface area contributed by atoms with Gasteiger partial charge < -0.3 is 5.32 Å². The first-order valence-corrected chi connectivity index (χ1v) is 9.11. The monoisotopic (exact) mass is 352 g/mol. The van der Waals surface area contributed by atoms with Crippen LogP contribution in [0.4, 0.5) is 5.69 Å². The maximum atomic E-state index is 12.8. The highest BCUT2D eigenvalue weighted by molar-refractivity contribution is 7.92. The lowest BCUT2D eigenvalue weighted by Gasteiger charge is -2.24. The summed E-state index contributed by atoms with van der Waals surface area (Å²) in [6.07, 6.45) is 0.537. The number of hydrogen-bond donors (Lipinski definition) is 1.